The highest BCUT2D eigenvalue weighted by Gasteiger charge is 2.27. The van der Waals surface area contributed by atoms with Crippen LogP contribution in [0.1, 0.15) is 40.6 Å². The van der Waals surface area contributed by atoms with E-state index in [1.165, 1.54) is 30.2 Å². The van der Waals surface area contributed by atoms with Gasteiger partial charge in [-0.05, 0) is 56.1 Å². The number of hydrogen-bond acceptors (Lipinski definition) is 5. The van der Waals surface area contributed by atoms with Gasteiger partial charge < -0.3 is 9.88 Å². The number of hydrogen-bond donors (Lipinski definition) is 1. The number of likely N-dealkylation sites (tertiary alicyclic amines) is 1. The predicted molar refractivity (Wildman–Crippen MR) is 145 cm³/mol. The van der Waals surface area contributed by atoms with Crippen molar-refractivity contribution in [3.05, 3.63) is 107 Å². The molecule has 2 heterocycles. The average molecular weight is 498 g/mol. The van der Waals surface area contributed by atoms with Gasteiger partial charge in [0.1, 0.15) is 11.1 Å². The summed E-state index contributed by atoms with van der Waals surface area (Å²) in [5, 5.41) is 12.6. The summed E-state index contributed by atoms with van der Waals surface area (Å²) in [5.74, 6) is 0.861. The number of thioether (sulfide) groups is 1. The van der Waals surface area contributed by atoms with E-state index in [1.54, 1.807) is 0 Å². The minimum Gasteiger partial charge on any atom is -0.325 e. The van der Waals surface area contributed by atoms with Crippen molar-refractivity contribution in [1.82, 2.24) is 19.7 Å². The van der Waals surface area contributed by atoms with E-state index in [0.717, 1.165) is 47.4 Å². The molecule has 0 saturated carbocycles. The molecule has 0 aliphatic carbocycles. The largest absolute Gasteiger partial charge is 0.325 e. The van der Waals surface area contributed by atoms with E-state index in [4.69, 9.17) is 0 Å². The first-order valence-corrected chi connectivity index (χ1v) is 13.3. The normalized spacial score (nSPS) is 14.6. The smallest absolute Gasteiger partial charge is 0.242 e. The maximum atomic E-state index is 13.6. The molecule has 3 aromatic carbocycles. The van der Waals surface area contributed by atoms with Crippen molar-refractivity contribution in [3.8, 4) is 0 Å². The van der Waals surface area contributed by atoms with Gasteiger partial charge in [0.25, 0.3) is 0 Å². The Hall–Kier alpha value is -3.42. The maximum Gasteiger partial charge on any atom is 0.242 e. The van der Waals surface area contributed by atoms with Crippen LogP contribution in [0.3, 0.4) is 0 Å². The summed E-state index contributed by atoms with van der Waals surface area (Å²) < 4.78 is 2.17. The van der Waals surface area contributed by atoms with E-state index in [0.29, 0.717) is 6.54 Å². The first-order valence-electron chi connectivity index (χ1n) is 12.4. The lowest BCUT2D eigenvalue weighted by Crippen LogP contribution is -2.22. The van der Waals surface area contributed by atoms with Gasteiger partial charge in [-0.25, -0.2) is 0 Å². The summed E-state index contributed by atoms with van der Waals surface area (Å²) in [4.78, 5) is 16.0. The molecule has 1 atom stereocenters. The molecule has 1 aliphatic heterocycles. The summed E-state index contributed by atoms with van der Waals surface area (Å²) >= 11 is 1.46. The predicted octanol–water partition coefficient (Wildman–Crippen LogP) is 5.70. The first kappa shape index (κ1) is 24.3. The summed E-state index contributed by atoms with van der Waals surface area (Å²) in [7, 11) is 0. The van der Waals surface area contributed by atoms with Crippen molar-refractivity contribution in [2.75, 3.05) is 18.4 Å². The van der Waals surface area contributed by atoms with Crippen LogP contribution in [0.15, 0.2) is 90.1 Å². The van der Waals surface area contributed by atoms with Crippen LogP contribution in [0, 0.1) is 6.92 Å². The van der Waals surface area contributed by atoms with Gasteiger partial charge in [-0.3, -0.25) is 9.69 Å². The number of amides is 1. The fourth-order valence-corrected chi connectivity index (χ4v) is 5.49. The monoisotopic (exact) mass is 497 g/mol. The highest BCUT2D eigenvalue weighted by Crippen LogP contribution is 2.36. The number of aromatic nitrogens is 3. The van der Waals surface area contributed by atoms with Gasteiger partial charge in [0.05, 0.1) is 13.1 Å². The number of carbonyl (C=O) groups is 1. The van der Waals surface area contributed by atoms with Crippen molar-refractivity contribution < 1.29 is 4.79 Å². The molecule has 4 aromatic rings. The van der Waals surface area contributed by atoms with E-state index < -0.39 is 5.25 Å². The minimum atomic E-state index is -0.467. The molecular formula is C29H31N5OS. The molecule has 1 N–H and O–H groups in total. The third-order valence-electron chi connectivity index (χ3n) is 6.42. The van der Waals surface area contributed by atoms with Crippen LogP contribution in [-0.2, 0) is 17.9 Å². The van der Waals surface area contributed by atoms with Crippen LogP contribution in [0.5, 0.6) is 0 Å². The summed E-state index contributed by atoms with van der Waals surface area (Å²) in [6.07, 6.45) is 2.45. The Bertz CT molecular complexity index is 1270. The van der Waals surface area contributed by atoms with Gasteiger partial charge in [0, 0.05) is 5.69 Å². The molecule has 1 aliphatic rings. The summed E-state index contributed by atoms with van der Waals surface area (Å²) in [6.45, 7) is 5.65. The van der Waals surface area contributed by atoms with Crippen LogP contribution in [0.25, 0.3) is 0 Å². The molecule has 6 nitrogen and oxygen atoms in total. The third-order valence-corrected chi connectivity index (χ3v) is 7.66. The van der Waals surface area contributed by atoms with E-state index >= 15 is 0 Å². The Morgan fingerprint density at radius 3 is 2.25 bits per heavy atom. The van der Waals surface area contributed by atoms with Crippen LogP contribution in [0.2, 0.25) is 0 Å². The zero-order valence-electron chi connectivity index (χ0n) is 20.5. The fraction of sp³-hybridized carbons (Fsp3) is 0.276. The molecule has 1 fully saturated rings. The van der Waals surface area contributed by atoms with Gasteiger partial charge in [-0.2, -0.15) is 0 Å². The lowest BCUT2D eigenvalue weighted by Gasteiger charge is -2.19. The Labute approximate surface area is 216 Å². The lowest BCUT2D eigenvalue weighted by atomic mass is 10.1. The molecule has 0 unspecified atom stereocenters. The van der Waals surface area contributed by atoms with Crippen LogP contribution in [-0.4, -0.2) is 38.7 Å². The Morgan fingerprint density at radius 2 is 1.56 bits per heavy atom. The van der Waals surface area contributed by atoms with Crippen molar-refractivity contribution >= 4 is 23.4 Å². The van der Waals surface area contributed by atoms with Gasteiger partial charge >= 0.3 is 0 Å². The molecule has 184 valence electrons. The highest BCUT2D eigenvalue weighted by atomic mass is 32.2. The molecule has 36 heavy (non-hydrogen) atoms. The Kier molecular flexibility index (Phi) is 7.79. The molecule has 0 spiro atoms. The third kappa shape index (κ3) is 6.04. The maximum absolute atomic E-state index is 13.6. The number of nitrogens with one attached hydrogen (secondary N) is 1. The van der Waals surface area contributed by atoms with Crippen molar-refractivity contribution in [2.24, 2.45) is 0 Å². The average Bonchev–Trinajstić information content (AvgIpc) is 3.56. The van der Waals surface area contributed by atoms with Gasteiger partial charge in [0.2, 0.25) is 5.91 Å². The first-order chi connectivity index (χ1) is 17.7. The number of nitrogens with zero attached hydrogens (tertiary/aromatic N) is 4. The molecule has 0 bridgehead atoms. The number of benzene rings is 3. The van der Waals surface area contributed by atoms with Gasteiger partial charge in [-0.15, -0.1) is 10.2 Å². The number of anilines is 1. The minimum absolute atomic E-state index is 0.0783. The second kappa shape index (κ2) is 11.5. The van der Waals surface area contributed by atoms with Gasteiger partial charge in [0.15, 0.2) is 5.16 Å². The second-order valence-electron chi connectivity index (χ2n) is 9.22. The molecule has 7 heteroatoms. The molecule has 0 radical (unpaired) electrons. The SMILES string of the molecule is Cc1ccc(NC(=O)[C@H](Sc2nnc(CN3CCCC3)n2Cc2ccccc2)c2ccccc2)cc1. The van der Waals surface area contributed by atoms with E-state index in [1.807, 2.05) is 67.6 Å². The zero-order chi connectivity index (χ0) is 24.7. The van der Waals surface area contributed by atoms with E-state index in [9.17, 15) is 4.79 Å². The second-order valence-corrected chi connectivity index (χ2v) is 10.3. The number of carbonyl (C=O) groups excluding carboxylic acids is 1. The highest BCUT2D eigenvalue weighted by molar-refractivity contribution is 8.00. The molecule has 1 amide bonds. The van der Waals surface area contributed by atoms with Crippen molar-refractivity contribution in [1.29, 1.82) is 0 Å². The van der Waals surface area contributed by atoms with Gasteiger partial charge in [-0.1, -0.05) is 90.1 Å². The van der Waals surface area contributed by atoms with Crippen LogP contribution in [0.4, 0.5) is 5.69 Å². The van der Waals surface area contributed by atoms with E-state index in [2.05, 4.69) is 49.2 Å². The summed E-state index contributed by atoms with van der Waals surface area (Å²) in [6, 6.07) is 28.1. The van der Waals surface area contributed by atoms with Crippen LogP contribution < -0.4 is 5.32 Å². The fourth-order valence-electron chi connectivity index (χ4n) is 4.44. The molecule has 1 aromatic heterocycles. The quantitative estimate of drug-likeness (QED) is 0.301. The molecule has 1 saturated heterocycles. The van der Waals surface area contributed by atoms with Crippen LogP contribution >= 0.6 is 11.8 Å². The summed E-state index contributed by atoms with van der Waals surface area (Å²) in [5.41, 5.74) is 4.05. The standard InChI is InChI=1S/C29H31N5OS/c1-22-14-16-25(17-15-22)30-28(35)27(24-12-6-3-7-13-24)36-29-32-31-26(21-33-18-8-9-19-33)34(29)20-23-10-4-2-5-11-23/h2-7,10-17,27H,8-9,18-21H2,1H3,(H,30,35)/t27-/m1/s1. The van der Waals surface area contributed by atoms with Crippen molar-refractivity contribution in [3.63, 3.8) is 0 Å². The zero-order valence-corrected chi connectivity index (χ0v) is 21.3. The Morgan fingerprint density at radius 1 is 0.889 bits per heavy atom. The Balaban J connectivity index is 1.45. The lowest BCUT2D eigenvalue weighted by molar-refractivity contribution is -0.115. The number of rotatable bonds is 9. The van der Waals surface area contributed by atoms with Crippen molar-refractivity contribution in [2.45, 2.75) is 43.3 Å². The number of aryl methyl sites for hydroxylation is 1. The molecular weight excluding hydrogens is 466 g/mol. The topological polar surface area (TPSA) is 63.1 Å². The molecule has 5 rings (SSSR count). The van der Waals surface area contributed by atoms with E-state index in [-0.39, 0.29) is 5.91 Å².